The Morgan fingerprint density at radius 2 is 1.30 bits per heavy atom. The number of hydrogen-bond donors (Lipinski definition) is 0. The highest BCUT2D eigenvalue weighted by Gasteiger charge is 2.65. The monoisotopic (exact) mass is 456 g/mol. The second kappa shape index (κ2) is 7.79. The Labute approximate surface area is 188 Å². The Morgan fingerprint density at radius 1 is 0.933 bits per heavy atom. The van der Waals surface area contributed by atoms with E-state index in [1.807, 2.05) is 6.92 Å². The number of ether oxygens (including phenoxy) is 1. The summed E-state index contributed by atoms with van der Waals surface area (Å²) in [6, 6.07) is 0. The summed E-state index contributed by atoms with van der Waals surface area (Å²) in [4.78, 5) is 13.3. The van der Waals surface area contributed by atoms with Gasteiger partial charge in [-0.3, -0.25) is 4.79 Å². The molecule has 1 saturated carbocycles. The van der Waals surface area contributed by atoms with Gasteiger partial charge in [0.05, 0.1) is 6.10 Å². The number of carbonyl (C=O) groups excluding carboxylic acids is 1. The molecule has 0 aromatic heterocycles. The van der Waals surface area contributed by atoms with Crippen molar-refractivity contribution in [2.24, 2.45) is 17.3 Å². The second-order valence-electron chi connectivity index (χ2n) is 13.6. The second-order valence-corrected chi connectivity index (χ2v) is 23.2. The number of hydrogen-bond acceptors (Lipinski definition) is 4. The van der Waals surface area contributed by atoms with Crippen LogP contribution in [0.4, 0.5) is 0 Å². The molecule has 2 aliphatic heterocycles. The molecule has 0 spiro atoms. The predicted molar refractivity (Wildman–Crippen MR) is 130 cm³/mol. The number of rotatable bonds is 7. The van der Waals surface area contributed by atoms with Crippen LogP contribution in [-0.4, -0.2) is 47.3 Å². The van der Waals surface area contributed by atoms with Gasteiger partial charge in [0, 0.05) is 36.9 Å². The Morgan fingerprint density at radius 3 is 1.63 bits per heavy atom. The number of ketones is 1. The fraction of sp³-hybridized carbons (Fsp3) is 0.958. The van der Waals surface area contributed by atoms with Crippen LogP contribution < -0.4 is 0 Å². The van der Waals surface area contributed by atoms with Crippen molar-refractivity contribution in [3.63, 3.8) is 0 Å². The maximum absolute atomic E-state index is 13.3. The van der Waals surface area contributed by atoms with Crippen molar-refractivity contribution < 1.29 is 18.4 Å². The summed E-state index contributed by atoms with van der Waals surface area (Å²) < 4.78 is 19.5. The van der Waals surface area contributed by atoms with Gasteiger partial charge in [-0.05, 0) is 43.2 Å². The van der Waals surface area contributed by atoms with Crippen LogP contribution in [0.25, 0.3) is 0 Å². The lowest BCUT2D eigenvalue weighted by atomic mass is 9.54. The molecule has 0 aromatic rings. The van der Waals surface area contributed by atoms with E-state index in [2.05, 4.69) is 81.6 Å². The lowest BCUT2D eigenvalue weighted by Crippen LogP contribution is -2.70. The van der Waals surface area contributed by atoms with Gasteiger partial charge in [0.25, 0.3) is 0 Å². The zero-order chi connectivity index (χ0) is 23.6. The third-order valence-electron chi connectivity index (χ3n) is 8.74. The highest BCUT2D eigenvalue weighted by atomic mass is 28.4. The third kappa shape index (κ3) is 4.68. The molecule has 2 heterocycles. The molecule has 0 N–H and O–H groups in total. The molecule has 0 aromatic carbocycles. The molecular formula is C24H48O4Si2. The van der Waals surface area contributed by atoms with Crippen molar-refractivity contribution in [3.8, 4) is 0 Å². The highest BCUT2D eigenvalue weighted by molar-refractivity contribution is 6.74. The van der Waals surface area contributed by atoms with E-state index < -0.39 is 27.7 Å². The summed E-state index contributed by atoms with van der Waals surface area (Å²) in [5.41, 5.74) is -1.01. The van der Waals surface area contributed by atoms with E-state index in [1.165, 1.54) is 0 Å². The van der Waals surface area contributed by atoms with Gasteiger partial charge in [0.15, 0.2) is 22.4 Å². The van der Waals surface area contributed by atoms with Crippen molar-refractivity contribution in [1.29, 1.82) is 0 Å². The average Bonchev–Trinajstić information content (AvgIpc) is 2.50. The molecule has 3 aliphatic rings. The Bertz CT molecular complexity index is 619. The molecule has 3 fully saturated rings. The molecule has 4 nitrogen and oxygen atoms in total. The Balaban J connectivity index is 2.28. The summed E-state index contributed by atoms with van der Waals surface area (Å²) >= 11 is 0. The zero-order valence-corrected chi connectivity index (χ0v) is 24.0. The van der Waals surface area contributed by atoms with Crippen molar-refractivity contribution in [1.82, 2.24) is 0 Å². The average molecular weight is 457 g/mol. The minimum absolute atomic E-state index is 0.124. The minimum Gasteiger partial charge on any atom is -0.416 e. The molecule has 2 bridgehead atoms. The van der Waals surface area contributed by atoms with Gasteiger partial charge in [-0.15, -0.1) is 0 Å². The van der Waals surface area contributed by atoms with E-state index in [1.54, 1.807) is 0 Å². The third-order valence-corrected chi connectivity index (χ3v) is 17.7. The lowest BCUT2D eigenvalue weighted by molar-refractivity contribution is -0.267. The van der Waals surface area contributed by atoms with Crippen LogP contribution in [0.1, 0.15) is 68.7 Å². The highest BCUT2D eigenvalue weighted by Crippen LogP contribution is 2.56. The van der Waals surface area contributed by atoms with E-state index in [4.69, 9.17) is 13.6 Å². The maximum Gasteiger partial charge on any atom is 0.191 e. The molecule has 30 heavy (non-hydrogen) atoms. The summed E-state index contributed by atoms with van der Waals surface area (Å²) in [6.45, 7) is 30.3. The summed E-state index contributed by atoms with van der Waals surface area (Å²) in [5.74, 6) is 0.524. The fourth-order valence-corrected chi connectivity index (χ4v) is 6.69. The van der Waals surface area contributed by atoms with E-state index in [-0.39, 0.29) is 33.8 Å². The van der Waals surface area contributed by atoms with Crippen LogP contribution in [-0.2, 0) is 18.4 Å². The maximum atomic E-state index is 13.3. The first-order valence-electron chi connectivity index (χ1n) is 11.7. The minimum atomic E-state index is -1.90. The largest absolute Gasteiger partial charge is 0.416 e. The zero-order valence-electron chi connectivity index (χ0n) is 22.0. The molecule has 6 heteroatoms. The quantitative estimate of drug-likeness (QED) is 0.415. The molecule has 3 atom stereocenters. The summed E-state index contributed by atoms with van der Waals surface area (Å²) in [6.07, 6.45) is 0.954. The van der Waals surface area contributed by atoms with Gasteiger partial charge in [0.1, 0.15) is 5.60 Å². The van der Waals surface area contributed by atoms with Crippen molar-refractivity contribution in [2.45, 2.75) is 117 Å². The van der Waals surface area contributed by atoms with E-state index in [0.717, 1.165) is 6.42 Å². The van der Waals surface area contributed by atoms with Crippen LogP contribution in [0.15, 0.2) is 0 Å². The molecule has 0 radical (unpaired) electrons. The first-order chi connectivity index (χ1) is 13.2. The van der Waals surface area contributed by atoms with Crippen LogP contribution in [0.3, 0.4) is 0 Å². The Kier molecular flexibility index (Phi) is 6.81. The molecule has 176 valence electrons. The fourth-order valence-electron chi connectivity index (χ4n) is 4.56. The van der Waals surface area contributed by atoms with E-state index >= 15 is 0 Å². The van der Waals surface area contributed by atoms with Crippen LogP contribution in [0.5, 0.6) is 0 Å². The van der Waals surface area contributed by atoms with Gasteiger partial charge in [-0.25, -0.2) is 0 Å². The predicted octanol–water partition coefficient (Wildman–Crippen LogP) is 6.42. The van der Waals surface area contributed by atoms with Gasteiger partial charge in [0.2, 0.25) is 0 Å². The molecule has 2 saturated heterocycles. The number of fused-ring (bicyclic) bond motifs is 2. The molecule has 1 unspecified atom stereocenters. The lowest BCUT2D eigenvalue weighted by Gasteiger charge is -2.61. The standard InChI is InChI=1S/C24H48O4Si2/c1-21(2,3)29(10,11)26-15-17(16-27-30(12,13)22(4,5)6)19-18-14-24(9,28-18)20(25)23(19,7)8/h17-19H,14-16H2,1-13H3/t18?,19-,24+/m1/s1. The van der Waals surface area contributed by atoms with Gasteiger partial charge >= 0.3 is 0 Å². The summed E-state index contributed by atoms with van der Waals surface area (Å²) in [7, 11) is -3.80. The van der Waals surface area contributed by atoms with Crippen molar-refractivity contribution in [3.05, 3.63) is 0 Å². The normalized spacial score (nSPS) is 29.9. The molecule has 0 amide bonds. The Hall–Kier alpha value is -0.0162. The van der Waals surface area contributed by atoms with Crippen molar-refractivity contribution >= 4 is 22.4 Å². The van der Waals surface area contributed by atoms with E-state index in [0.29, 0.717) is 13.2 Å². The first kappa shape index (κ1) is 26.2. The SMILES string of the molecule is CC1(C)C(=O)[C@]2(C)CC(O2)[C@H]1C(CO[Si](C)(C)C(C)(C)C)CO[Si](C)(C)C(C)(C)C. The molecular weight excluding hydrogens is 408 g/mol. The number of carbonyl (C=O) groups is 1. The smallest absolute Gasteiger partial charge is 0.191 e. The van der Waals surface area contributed by atoms with Crippen LogP contribution >= 0.6 is 0 Å². The van der Waals surface area contributed by atoms with Crippen LogP contribution in [0, 0.1) is 17.3 Å². The van der Waals surface area contributed by atoms with Gasteiger partial charge < -0.3 is 13.6 Å². The van der Waals surface area contributed by atoms with Gasteiger partial charge in [-0.2, -0.15) is 0 Å². The van der Waals surface area contributed by atoms with Crippen molar-refractivity contribution in [2.75, 3.05) is 13.2 Å². The topological polar surface area (TPSA) is 44.8 Å². The molecule has 1 aliphatic carbocycles. The number of Topliss-reactive ketones (excluding diaryl/α,β-unsaturated/α-hetero) is 1. The van der Waals surface area contributed by atoms with Gasteiger partial charge in [-0.1, -0.05) is 55.4 Å². The summed E-state index contributed by atoms with van der Waals surface area (Å²) in [5, 5.41) is 0.308. The van der Waals surface area contributed by atoms with E-state index in [9.17, 15) is 4.79 Å². The first-order valence-corrected chi connectivity index (χ1v) is 17.5. The molecule has 3 rings (SSSR count). The van der Waals surface area contributed by atoms with Crippen LogP contribution in [0.2, 0.25) is 36.3 Å².